The van der Waals surface area contributed by atoms with E-state index in [1.54, 1.807) is 12.1 Å². The van der Waals surface area contributed by atoms with Crippen molar-refractivity contribution in [3.05, 3.63) is 54.1 Å². The van der Waals surface area contributed by atoms with Gasteiger partial charge in [0.25, 0.3) is 0 Å². The van der Waals surface area contributed by atoms with Gasteiger partial charge in [-0.05, 0) is 66.0 Å². The standard InChI is InChI=1S/C23H28O3/c1-15(2)21-13-4-16(3)14-22(21)26-23(25)19-7-5-17(6-8-19)18-9-11-20(24)12-10-18/h5-12,15-16,21-22,24H,4,13-14H2,1-3H3. The Kier molecular flexibility index (Phi) is 5.65. The van der Waals surface area contributed by atoms with Gasteiger partial charge in [0.05, 0.1) is 5.56 Å². The molecule has 2 aromatic carbocycles. The smallest absolute Gasteiger partial charge is 0.338 e. The topological polar surface area (TPSA) is 46.5 Å². The first-order valence-electron chi connectivity index (χ1n) is 9.54. The summed E-state index contributed by atoms with van der Waals surface area (Å²) in [5, 5.41) is 9.39. The van der Waals surface area contributed by atoms with Crippen LogP contribution in [0.4, 0.5) is 0 Å². The summed E-state index contributed by atoms with van der Waals surface area (Å²) in [7, 11) is 0. The van der Waals surface area contributed by atoms with Gasteiger partial charge < -0.3 is 9.84 Å². The molecule has 3 atom stereocenters. The minimum atomic E-state index is -0.230. The number of carbonyl (C=O) groups is 1. The summed E-state index contributed by atoms with van der Waals surface area (Å²) < 4.78 is 5.91. The maximum absolute atomic E-state index is 12.6. The number of benzene rings is 2. The summed E-state index contributed by atoms with van der Waals surface area (Å²) in [6, 6.07) is 14.5. The van der Waals surface area contributed by atoms with Crippen LogP contribution in [-0.2, 0) is 4.74 Å². The third kappa shape index (κ3) is 4.27. The molecule has 0 bridgehead atoms. The highest BCUT2D eigenvalue weighted by Crippen LogP contribution is 2.35. The molecule has 3 rings (SSSR count). The number of phenols is 1. The zero-order chi connectivity index (χ0) is 18.7. The summed E-state index contributed by atoms with van der Waals surface area (Å²) in [6.45, 7) is 6.67. The first-order valence-corrected chi connectivity index (χ1v) is 9.54. The second-order valence-electron chi connectivity index (χ2n) is 7.89. The molecule has 3 unspecified atom stereocenters. The molecule has 1 aliphatic rings. The average molecular weight is 352 g/mol. The molecule has 1 N–H and O–H groups in total. The lowest BCUT2D eigenvalue weighted by Gasteiger charge is -2.36. The normalized spacial score (nSPS) is 23.0. The molecular formula is C23H28O3. The summed E-state index contributed by atoms with van der Waals surface area (Å²) in [4.78, 5) is 12.6. The molecule has 0 spiro atoms. The van der Waals surface area contributed by atoms with Gasteiger partial charge in [-0.2, -0.15) is 0 Å². The molecule has 138 valence electrons. The number of rotatable bonds is 4. The van der Waals surface area contributed by atoms with E-state index in [0.29, 0.717) is 23.3 Å². The van der Waals surface area contributed by atoms with Crippen molar-refractivity contribution in [3.8, 4) is 16.9 Å². The van der Waals surface area contributed by atoms with Crippen LogP contribution in [0, 0.1) is 17.8 Å². The van der Waals surface area contributed by atoms with Crippen molar-refractivity contribution in [2.75, 3.05) is 0 Å². The molecule has 1 aliphatic carbocycles. The molecule has 2 aromatic rings. The van der Waals surface area contributed by atoms with E-state index < -0.39 is 0 Å². The number of carbonyl (C=O) groups excluding carboxylic acids is 1. The van der Waals surface area contributed by atoms with E-state index in [0.717, 1.165) is 24.0 Å². The highest BCUT2D eigenvalue weighted by atomic mass is 16.5. The fourth-order valence-electron chi connectivity index (χ4n) is 3.91. The highest BCUT2D eigenvalue weighted by Gasteiger charge is 2.33. The van der Waals surface area contributed by atoms with E-state index in [1.807, 2.05) is 36.4 Å². The Balaban J connectivity index is 1.70. The minimum absolute atomic E-state index is 0.0167. The van der Waals surface area contributed by atoms with Gasteiger partial charge in [0.2, 0.25) is 0 Å². The molecule has 0 saturated heterocycles. The van der Waals surface area contributed by atoms with Gasteiger partial charge in [-0.15, -0.1) is 0 Å². The molecule has 0 amide bonds. The predicted octanol–water partition coefficient (Wildman–Crippen LogP) is 5.68. The molecule has 26 heavy (non-hydrogen) atoms. The molecule has 0 heterocycles. The number of aromatic hydroxyl groups is 1. The third-order valence-corrected chi connectivity index (χ3v) is 5.54. The number of esters is 1. The third-order valence-electron chi connectivity index (χ3n) is 5.54. The van der Waals surface area contributed by atoms with E-state index >= 15 is 0 Å². The lowest BCUT2D eigenvalue weighted by Crippen LogP contribution is -2.35. The maximum Gasteiger partial charge on any atom is 0.338 e. The van der Waals surface area contributed by atoms with Crippen molar-refractivity contribution < 1.29 is 14.6 Å². The van der Waals surface area contributed by atoms with Gasteiger partial charge >= 0.3 is 5.97 Å². The summed E-state index contributed by atoms with van der Waals surface area (Å²) in [5.74, 6) is 1.60. The number of ether oxygens (including phenoxy) is 1. The molecule has 0 aliphatic heterocycles. The number of hydrogen-bond acceptors (Lipinski definition) is 3. The molecule has 1 saturated carbocycles. The minimum Gasteiger partial charge on any atom is -0.508 e. The second-order valence-corrected chi connectivity index (χ2v) is 7.89. The second kappa shape index (κ2) is 7.94. The Morgan fingerprint density at radius 2 is 1.58 bits per heavy atom. The van der Waals surface area contributed by atoms with Crippen molar-refractivity contribution in [2.45, 2.75) is 46.1 Å². The van der Waals surface area contributed by atoms with E-state index in [9.17, 15) is 9.90 Å². The van der Waals surface area contributed by atoms with Crippen LogP contribution in [0.3, 0.4) is 0 Å². The van der Waals surface area contributed by atoms with Crippen LogP contribution in [0.5, 0.6) is 5.75 Å². The SMILES string of the molecule is CC1CCC(C(C)C)C(OC(=O)c2ccc(-c3ccc(O)cc3)cc2)C1. The van der Waals surface area contributed by atoms with Gasteiger partial charge in [0, 0.05) is 0 Å². The van der Waals surface area contributed by atoms with Crippen LogP contribution in [0.25, 0.3) is 11.1 Å². The van der Waals surface area contributed by atoms with Crippen LogP contribution in [-0.4, -0.2) is 17.2 Å². The Morgan fingerprint density at radius 1 is 1.00 bits per heavy atom. The van der Waals surface area contributed by atoms with Crippen molar-refractivity contribution in [2.24, 2.45) is 17.8 Å². The predicted molar refractivity (Wildman–Crippen MR) is 104 cm³/mol. The zero-order valence-electron chi connectivity index (χ0n) is 15.8. The molecule has 0 radical (unpaired) electrons. The van der Waals surface area contributed by atoms with Gasteiger partial charge in [0.15, 0.2) is 0 Å². The van der Waals surface area contributed by atoms with Crippen molar-refractivity contribution in [3.63, 3.8) is 0 Å². The quantitative estimate of drug-likeness (QED) is 0.720. The van der Waals surface area contributed by atoms with Crippen LogP contribution in [0.15, 0.2) is 48.5 Å². The Morgan fingerprint density at radius 3 is 2.15 bits per heavy atom. The van der Waals surface area contributed by atoms with Crippen LogP contribution < -0.4 is 0 Å². The Bertz CT molecular complexity index is 731. The first kappa shape index (κ1) is 18.5. The van der Waals surface area contributed by atoms with E-state index in [-0.39, 0.29) is 17.8 Å². The van der Waals surface area contributed by atoms with Crippen molar-refractivity contribution in [1.29, 1.82) is 0 Å². The average Bonchev–Trinajstić information content (AvgIpc) is 2.62. The van der Waals surface area contributed by atoms with Crippen molar-refractivity contribution in [1.82, 2.24) is 0 Å². The molecule has 0 aromatic heterocycles. The monoisotopic (exact) mass is 352 g/mol. The van der Waals surface area contributed by atoms with Gasteiger partial charge in [0.1, 0.15) is 11.9 Å². The van der Waals surface area contributed by atoms with Gasteiger partial charge in [-0.3, -0.25) is 0 Å². The van der Waals surface area contributed by atoms with Crippen LogP contribution >= 0.6 is 0 Å². The van der Waals surface area contributed by atoms with E-state index in [2.05, 4.69) is 20.8 Å². The molecule has 1 fully saturated rings. The summed E-state index contributed by atoms with van der Waals surface area (Å²) in [6.07, 6.45) is 3.33. The fraction of sp³-hybridized carbons (Fsp3) is 0.435. The van der Waals surface area contributed by atoms with Gasteiger partial charge in [-0.1, -0.05) is 51.5 Å². The molecular weight excluding hydrogens is 324 g/mol. The maximum atomic E-state index is 12.6. The molecule has 3 nitrogen and oxygen atoms in total. The van der Waals surface area contributed by atoms with Crippen LogP contribution in [0.2, 0.25) is 0 Å². The highest BCUT2D eigenvalue weighted by molar-refractivity contribution is 5.90. The lowest BCUT2D eigenvalue weighted by atomic mass is 9.75. The first-order chi connectivity index (χ1) is 12.4. The zero-order valence-corrected chi connectivity index (χ0v) is 15.8. The van der Waals surface area contributed by atoms with Crippen molar-refractivity contribution >= 4 is 5.97 Å². The Hall–Kier alpha value is -2.29. The summed E-state index contributed by atoms with van der Waals surface area (Å²) in [5.41, 5.74) is 2.60. The number of phenolic OH excluding ortho intramolecular Hbond substituents is 1. The lowest BCUT2D eigenvalue weighted by molar-refractivity contribution is -0.0174. The van der Waals surface area contributed by atoms with E-state index in [1.165, 1.54) is 6.42 Å². The Labute approximate surface area is 156 Å². The van der Waals surface area contributed by atoms with Crippen LogP contribution in [0.1, 0.15) is 50.4 Å². The molecule has 3 heteroatoms. The number of hydrogen-bond donors (Lipinski definition) is 1. The fourth-order valence-corrected chi connectivity index (χ4v) is 3.91. The van der Waals surface area contributed by atoms with Gasteiger partial charge in [-0.25, -0.2) is 4.79 Å². The summed E-state index contributed by atoms with van der Waals surface area (Å²) >= 11 is 0. The van der Waals surface area contributed by atoms with E-state index in [4.69, 9.17) is 4.74 Å². The largest absolute Gasteiger partial charge is 0.508 e.